The van der Waals surface area contributed by atoms with Crippen LogP contribution in [0.4, 0.5) is 0 Å². The number of rotatable bonds is 4. The number of hydrogen-bond donors (Lipinski definition) is 0. The first-order valence-electron chi connectivity index (χ1n) is 4.57. The molecule has 0 N–H and O–H groups in total. The molecule has 1 amide bonds. The van der Waals surface area contributed by atoms with E-state index in [2.05, 4.69) is 0 Å². The highest BCUT2D eigenvalue weighted by Gasteiger charge is 2.21. The van der Waals surface area contributed by atoms with Crippen molar-refractivity contribution in [3.63, 3.8) is 0 Å². The molecule has 1 aromatic heterocycles. The Bertz CT molecular complexity index is 337. The molecule has 0 aliphatic heterocycles. The molecule has 0 aliphatic rings. The van der Waals surface area contributed by atoms with Crippen LogP contribution in [0.25, 0.3) is 0 Å². The van der Waals surface area contributed by atoms with E-state index in [0.717, 1.165) is 0 Å². The fourth-order valence-electron chi connectivity index (χ4n) is 1.19. The lowest BCUT2D eigenvalue weighted by Gasteiger charge is -2.23. The van der Waals surface area contributed by atoms with Gasteiger partial charge in [0, 0.05) is 14.2 Å². The number of amides is 1. The number of halogens is 1. The molecular formula is C10H14ClNO3. The maximum atomic E-state index is 11.9. The van der Waals surface area contributed by atoms with Crippen LogP contribution in [0, 0.1) is 0 Å². The lowest BCUT2D eigenvalue weighted by molar-refractivity contribution is 0.0633. The Morgan fingerprint density at radius 2 is 2.40 bits per heavy atom. The molecule has 4 nitrogen and oxygen atoms in total. The molecule has 0 bridgehead atoms. The average Bonchev–Trinajstić information content (AvgIpc) is 2.62. The fraction of sp³-hybridized carbons (Fsp3) is 0.500. The zero-order valence-corrected chi connectivity index (χ0v) is 9.75. The smallest absolute Gasteiger partial charge is 0.258 e. The van der Waals surface area contributed by atoms with Gasteiger partial charge in [0.15, 0.2) is 0 Å². The van der Waals surface area contributed by atoms with Gasteiger partial charge < -0.3 is 14.1 Å². The maximum absolute atomic E-state index is 11.9. The minimum Gasteiger partial charge on any atom is -0.452 e. The molecule has 15 heavy (non-hydrogen) atoms. The minimum absolute atomic E-state index is 0.00605. The first kappa shape index (κ1) is 12.1. The lowest BCUT2D eigenvalue weighted by atomic mass is 10.2. The van der Waals surface area contributed by atoms with Crippen LogP contribution in [0.15, 0.2) is 16.7 Å². The number of ether oxygens (including phenoxy) is 1. The largest absolute Gasteiger partial charge is 0.452 e. The quantitative estimate of drug-likeness (QED) is 0.797. The molecule has 1 unspecified atom stereocenters. The van der Waals surface area contributed by atoms with Gasteiger partial charge in [-0.2, -0.15) is 0 Å². The monoisotopic (exact) mass is 231 g/mol. The van der Waals surface area contributed by atoms with E-state index < -0.39 is 0 Å². The van der Waals surface area contributed by atoms with E-state index in [0.29, 0.717) is 12.2 Å². The van der Waals surface area contributed by atoms with Gasteiger partial charge in [0.25, 0.3) is 5.91 Å². The Morgan fingerprint density at radius 3 is 2.87 bits per heavy atom. The molecule has 1 heterocycles. The summed E-state index contributed by atoms with van der Waals surface area (Å²) in [5, 5.41) is 0.122. The molecule has 1 aromatic rings. The number of likely N-dealkylation sites (N-methyl/N-ethyl adjacent to an activating group) is 1. The predicted molar refractivity (Wildman–Crippen MR) is 57.1 cm³/mol. The first-order chi connectivity index (χ1) is 7.07. The van der Waals surface area contributed by atoms with Crippen molar-refractivity contribution in [2.75, 3.05) is 20.8 Å². The van der Waals surface area contributed by atoms with Crippen molar-refractivity contribution in [3.05, 3.63) is 23.1 Å². The van der Waals surface area contributed by atoms with E-state index >= 15 is 0 Å². The highest BCUT2D eigenvalue weighted by Crippen LogP contribution is 2.18. The first-order valence-corrected chi connectivity index (χ1v) is 4.94. The summed E-state index contributed by atoms with van der Waals surface area (Å²) in [6.45, 7) is 2.38. The second kappa shape index (κ2) is 5.19. The van der Waals surface area contributed by atoms with Crippen molar-refractivity contribution < 1.29 is 13.9 Å². The third kappa shape index (κ3) is 2.73. The average molecular weight is 232 g/mol. The highest BCUT2D eigenvalue weighted by molar-refractivity contribution is 6.32. The van der Waals surface area contributed by atoms with Gasteiger partial charge in [0.05, 0.1) is 24.5 Å². The number of nitrogens with zero attached hydrogens (tertiary/aromatic N) is 1. The second-order valence-electron chi connectivity index (χ2n) is 3.33. The van der Waals surface area contributed by atoms with Crippen molar-refractivity contribution in [2.45, 2.75) is 13.0 Å². The number of carbonyl (C=O) groups is 1. The van der Waals surface area contributed by atoms with Gasteiger partial charge >= 0.3 is 0 Å². The summed E-state index contributed by atoms with van der Waals surface area (Å²) in [5.41, 5.74) is 0.377. The third-order valence-electron chi connectivity index (χ3n) is 2.24. The molecule has 0 fully saturated rings. The zero-order chi connectivity index (χ0) is 11.4. The van der Waals surface area contributed by atoms with Crippen LogP contribution in [0.3, 0.4) is 0 Å². The van der Waals surface area contributed by atoms with Crippen molar-refractivity contribution in [3.8, 4) is 0 Å². The van der Waals surface area contributed by atoms with Crippen molar-refractivity contribution >= 4 is 17.5 Å². The van der Waals surface area contributed by atoms with Crippen LogP contribution in [0.1, 0.15) is 17.3 Å². The van der Waals surface area contributed by atoms with E-state index in [1.165, 1.54) is 6.26 Å². The van der Waals surface area contributed by atoms with E-state index in [9.17, 15) is 4.79 Å². The summed E-state index contributed by atoms with van der Waals surface area (Å²) in [7, 11) is 3.30. The Hall–Kier alpha value is -1.00. The molecule has 0 saturated heterocycles. The Balaban J connectivity index is 2.73. The summed E-state index contributed by atoms with van der Waals surface area (Å²) in [6, 6.07) is 1.55. The standard InChI is InChI=1S/C10H14ClNO3/c1-7(6-14-3)12(2)10(13)8-4-5-15-9(8)11/h4-5,7H,6H2,1-3H3. The number of methoxy groups -OCH3 is 1. The van der Waals surface area contributed by atoms with Gasteiger partial charge in [-0.3, -0.25) is 4.79 Å². The van der Waals surface area contributed by atoms with E-state index in [-0.39, 0.29) is 17.2 Å². The third-order valence-corrected chi connectivity index (χ3v) is 2.53. The van der Waals surface area contributed by atoms with Gasteiger partial charge in [-0.15, -0.1) is 0 Å². The van der Waals surface area contributed by atoms with Crippen LogP contribution >= 0.6 is 11.6 Å². The molecular weight excluding hydrogens is 218 g/mol. The van der Waals surface area contributed by atoms with Crippen LogP contribution in [-0.4, -0.2) is 37.6 Å². The molecule has 0 aliphatic carbocycles. The topological polar surface area (TPSA) is 42.7 Å². The van der Waals surface area contributed by atoms with Crippen molar-refractivity contribution in [2.24, 2.45) is 0 Å². The van der Waals surface area contributed by atoms with Gasteiger partial charge in [-0.25, -0.2) is 0 Å². The number of carbonyl (C=O) groups excluding carboxylic acids is 1. The molecule has 0 radical (unpaired) electrons. The van der Waals surface area contributed by atoms with Gasteiger partial charge in [0.1, 0.15) is 0 Å². The highest BCUT2D eigenvalue weighted by atomic mass is 35.5. The summed E-state index contributed by atoms with van der Waals surface area (Å²) < 4.78 is 9.83. The van der Waals surface area contributed by atoms with E-state index in [1.807, 2.05) is 6.92 Å². The summed E-state index contributed by atoms with van der Waals surface area (Å²) >= 11 is 5.72. The van der Waals surface area contributed by atoms with Crippen LogP contribution in [0.2, 0.25) is 5.22 Å². The minimum atomic E-state index is -0.168. The van der Waals surface area contributed by atoms with Gasteiger partial charge in [0.2, 0.25) is 5.22 Å². The Labute approximate surface area is 93.8 Å². The van der Waals surface area contributed by atoms with E-state index in [1.54, 1.807) is 25.1 Å². The molecule has 5 heteroatoms. The van der Waals surface area contributed by atoms with Crippen LogP contribution in [0.5, 0.6) is 0 Å². The Morgan fingerprint density at radius 1 is 1.73 bits per heavy atom. The predicted octanol–water partition coefficient (Wildman–Crippen LogP) is 2.04. The number of furan rings is 1. The number of hydrogen-bond acceptors (Lipinski definition) is 3. The van der Waals surface area contributed by atoms with Crippen LogP contribution < -0.4 is 0 Å². The summed E-state index contributed by atoms with van der Waals surface area (Å²) in [5.74, 6) is -0.168. The lowest BCUT2D eigenvalue weighted by Crippen LogP contribution is -2.37. The Kier molecular flexibility index (Phi) is 4.17. The van der Waals surface area contributed by atoms with Crippen molar-refractivity contribution in [1.82, 2.24) is 4.90 Å². The molecule has 1 rings (SSSR count). The van der Waals surface area contributed by atoms with Crippen LogP contribution in [-0.2, 0) is 4.74 Å². The van der Waals surface area contributed by atoms with Gasteiger partial charge in [-0.05, 0) is 24.6 Å². The van der Waals surface area contributed by atoms with E-state index in [4.69, 9.17) is 20.8 Å². The molecule has 0 saturated carbocycles. The zero-order valence-electron chi connectivity index (χ0n) is 8.99. The molecule has 1 atom stereocenters. The summed E-state index contributed by atoms with van der Waals surface area (Å²) in [6.07, 6.45) is 1.39. The summed E-state index contributed by atoms with van der Waals surface area (Å²) in [4.78, 5) is 13.4. The fourth-order valence-corrected chi connectivity index (χ4v) is 1.38. The van der Waals surface area contributed by atoms with Gasteiger partial charge in [-0.1, -0.05) is 0 Å². The molecule has 0 aromatic carbocycles. The normalized spacial score (nSPS) is 12.5. The SMILES string of the molecule is COCC(C)N(C)C(=O)c1ccoc1Cl. The van der Waals surface area contributed by atoms with Crippen molar-refractivity contribution in [1.29, 1.82) is 0 Å². The maximum Gasteiger partial charge on any atom is 0.258 e. The molecule has 0 spiro atoms. The molecule has 84 valence electrons. The second-order valence-corrected chi connectivity index (χ2v) is 3.67.